The van der Waals surface area contributed by atoms with Gasteiger partial charge in [-0.25, -0.2) is 4.79 Å². The van der Waals surface area contributed by atoms with Gasteiger partial charge in [0.05, 0.1) is 13.0 Å². The van der Waals surface area contributed by atoms with Gasteiger partial charge in [0, 0.05) is 25.7 Å². The molecule has 0 radical (unpaired) electrons. The van der Waals surface area contributed by atoms with Crippen molar-refractivity contribution < 1.29 is 19.4 Å². The minimum Gasteiger partial charge on any atom is -0.466 e. The van der Waals surface area contributed by atoms with E-state index in [9.17, 15) is 9.59 Å². The molecule has 1 rings (SSSR count). The van der Waals surface area contributed by atoms with Crippen molar-refractivity contribution in [1.29, 1.82) is 0 Å². The predicted molar refractivity (Wildman–Crippen MR) is 61.9 cm³/mol. The number of rotatable bonds is 5. The summed E-state index contributed by atoms with van der Waals surface area (Å²) in [5.41, 5.74) is 0. The molecule has 6 heteroatoms. The number of carbonyl (C=O) groups excluding carboxylic acids is 1. The number of ether oxygens (including phenoxy) is 1. The monoisotopic (exact) mass is 244 g/mol. The van der Waals surface area contributed by atoms with Crippen molar-refractivity contribution in [1.82, 2.24) is 10.2 Å². The Bertz CT molecular complexity index is 262. The molecule has 1 amide bonds. The number of nitrogens with zero attached hydrogens (tertiary/aromatic N) is 1. The zero-order valence-corrected chi connectivity index (χ0v) is 10.1. The van der Waals surface area contributed by atoms with Crippen molar-refractivity contribution in [3.63, 3.8) is 0 Å². The SMILES string of the molecule is CCOC(=O)CCNC1CCN(C(=O)O)CC1. The summed E-state index contributed by atoms with van der Waals surface area (Å²) in [6, 6.07) is 0.306. The van der Waals surface area contributed by atoms with Crippen LogP contribution in [0.2, 0.25) is 0 Å². The molecule has 0 aromatic carbocycles. The molecule has 1 aliphatic heterocycles. The summed E-state index contributed by atoms with van der Waals surface area (Å²) in [6.07, 6.45) is 1.12. The van der Waals surface area contributed by atoms with E-state index in [2.05, 4.69) is 5.32 Å². The van der Waals surface area contributed by atoms with Crippen LogP contribution in [0.15, 0.2) is 0 Å². The summed E-state index contributed by atoms with van der Waals surface area (Å²) in [7, 11) is 0. The molecule has 0 unspecified atom stereocenters. The van der Waals surface area contributed by atoms with E-state index in [-0.39, 0.29) is 5.97 Å². The Kier molecular flexibility index (Phi) is 5.76. The highest BCUT2D eigenvalue weighted by Crippen LogP contribution is 2.10. The molecule has 0 saturated carbocycles. The number of likely N-dealkylation sites (tertiary alicyclic amines) is 1. The van der Waals surface area contributed by atoms with Crippen LogP contribution in [0.25, 0.3) is 0 Å². The molecule has 2 N–H and O–H groups in total. The van der Waals surface area contributed by atoms with Crippen LogP contribution in [0.3, 0.4) is 0 Å². The molecule has 1 saturated heterocycles. The first-order chi connectivity index (χ1) is 8.13. The molecule has 0 atom stereocenters. The number of nitrogens with one attached hydrogen (secondary N) is 1. The molecule has 1 aliphatic rings. The maximum atomic E-state index is 11.1. The second-order valence-corrected chi connectivity index (χ2v) is 4.05. The summed E-state index contributed by atoms with van der Waals surface area (Å²) < 4.78 is 4.81. The maximum Gasteiger partial charge on any atom is 0.407 e. The zero-order chi connectivity index (χ0) is 12.7. The Balaban J connectivity index is 2.10. The Hall–Kier alpha value is -1.30. The average molecular weight is 244 g/mol. The fourth-order valence-electron chi connectivity index (χ4n) is 1.89. The fourth-order valence-corrected chi connectivity index (χ4v) is 1.89. The van der Waals surface area contributed by atoms with E-state index in [4.69, 9.17) is 9.84 Å². The Morgan fingerprint density at radius 2 is 2.06 bits per heavy atom. The van der Waals surface area contributed by atoms with E-state index >= 15 is 0 Å². The van der Waals surface area contributed by atoms with Gasteiger partial charge in [0.25, 0.3) is 0 Å². The van der Waals surface area contributed by atoms with Crippen LogP contribution in [0.1, 0.15) is 26.2 Å². The van der Waals surface area contributed by atoms with Crippen LogP contribution in [-0.2, 0) is 9.53 Å². The molecule has 6 nitrogen and oxygen atoms in total. The van der Waals surface area contributed by atoms with Crippen molar-refractivity contribution in [2.24, 2.45) is 0 Å². The van der Waals surface area contributed by atoms with Gasteiger partial charge < -0.3 is 20.1 Å². The number of amides is 1. The van der Waals surface area contributed by atoms with Gasteiger partial charge in [0.2, 0.25) is 0 Å². The smallest absolute Gasteiger partial charge is 0.407 e. The normalized spacial score (nSPS) is 16.9. The molecule has 0 aliphatic carbocycles. The van der Waals surface area contributed by atoms with Crippen LogP contribution < -0.4 is 5.32 Å². The van der Waals surface area contributed by atoms with Crippen molar-refractivity contribution in [3.05, 3.63) is 0 Å². The molecule has 0 bridgehead atoms. The first-order valence-electron chi connectivity index (χ1n) is 6.00. The van der Waals surface area contributed by atoms with Crippen LogP contribution in [0, 0.1) is 0 Å². The van der Waals surface area contributed by atoms with Gasteiger partial charge in [-0.05, 0) is 19.8 Å². The van der Waals surface area contributed by atoms with Gasteiger partial charge in [0.1, 0.15) is 0 Å². The van der Waals surface area contributed by atoms with E-state index in [1.165, 1.54) is 4.90 Å². The van der Waals surface area contributed by atoms with E-state index < -0.39 is 6.09 Å². The number of hydrogen-bond acceptors (Lipinski definition) is 4. The first-order valence-corrected chi connectivity index (χ1v) is 6.00. The summed E-state index contributed by atoms with van der Waals surface area (Å²) in [5, 5.41) is 12.0. The molecule has 0 spiro atoms. The first kappa shape index (κ1) is 13.8. The minimum atomic E-state index is -0.852. The number of carboxylic acid groups (broad SMARTS) is 1. The van der Waals surface area contributed by atoms with E-state index in [0.717, 1.165) is 12.8 Å². The van der Waals surface area contributed by atoms with Gasteiger partial charge in [-0.15, -0.1) is 0 Å². The third-order valence-corrected chi connectivity index (χ3v) is 2.83. The van der Waals surface area contributed by atoms with Crippen molar-refractivity contribution in [2.75, 3.05) is 26.2 Å². The lowest BCUT2D eigenvalue weighted by Gasteiger charge is -2.30. The Morgan fingerprint density at radius 3 is 2.59 bits per heavy atom. The molecular weight excluding hydrogens is 224 g/mol. The van der Waals surface area contributed by atoms with Crippen molar-refractivity contribution in [2.45, 2.75) is 32.2 Å². The molecule has 98 valence electrons. The fraction of sp³-hybridized carbons (Fsp3) is 0.818. The van der Waals surface area contributed by atoms with Crippen LogP contribution in [0.4, 0.5) is 4.79 Å². The lowest BCUT2D eigenvalue weighted by Crippen LogP contribution is -2.44. The molecule has 1 fully saturated rings. The third-order valence-electron chi connectivity index (χ3n) is 2.83. The topological polar surface area (TPSA) is 78.9 Å². The van der Waals surface area contributed by atoms with E-state index in [1.807, 2.05) is 0 Å². The molecular formula is C11H20N2O4. The zero-order valence-electron chi connectivity index (χ0n) is 10.1. The summed E-state index contributed by atoms with van der Waals surface area (Å²) in [4.78, 5) is 23.2. The predicted octanol–water partition coefficient (Wildman–Crippen LogP) is 0.672. The number of hydrogen-bond donors (Lipinski definition) is 2. The summed E-state index contributed by atoms with van der Waals surface area (Å²) >= 11 is 0. The number of piperidine rings is 1. The van der Waals surface area contributed by atoms with Crippen LogP contribution >= 0.6 is 0 Å². The highest BCUT2D eigenvalue weighted by atomic mass is 16.5. The van der Waals surface area contributed by atoms with Gasteiger partial charge in [-0.1, -0.05) is 0 Å². The average Bonchev–Trinajstić information content (AvgIpc) is 2.30. The maximum absolute atomic E-state index is 11.1. The molecule has 0 aromatic rings. The summed E-state index contributed by atoms with van der Waals surface area (Å²) in [6.45, 7) is 3.91. The minimum absolute atomic E-state index is 0.192. The van der Waals surface area contributed by atoms with Crippen molar-refractivity contribution in [3.8, 4) is 0 Å². The number of carbonyl (C=O) groups is 2. The largest absolute Gasteiger partial charge is 0.466 e. The Labute approximate surface area is 101 Å². The van der Waals surface area contributed by atoms with Gasteiger partial charge in [0.15, 0.2) is 0 Å². The molecule has 0 aromatic heterocycles. The van der Waals surface area contributed by atoms with E-state index in [1.54, 1.807) is 6.92 Å². The van der Waals surface area contributed by atoms with Gasteiger partial charge in [-0.2, -0.15) is 0 Å². The van der Waals surface area contributed by atoms with E-state index in [0.29, 0.717) is 38.7 Å². The standard InChI is InChI=1S/C11H20N2O4/c1-2-17-10(14)3-6-12-9-4-7-13(8-5-9)11(15)16/h9,12H,2-8H2,1H3,(H,15,16). The highest BCUT2D eigenvalue weighted by Gasteiger charge is 2.21. The van der Waals surface area contributed by atoms with Crippen LogP contribution in [-0.4, -0.2) is 54.4 Å². The summed E-state index contributed by atoms with van der Waals surface area (Å²) in [5.74, 6) is -0.192. The van der Waals surface area contributed by atoms with Crippen molar-refractivity contribution >= 4 is 12.1 Å². The molecule has 1 heterocycles. The lowest BCUT2D eigenvalue weighted by atomic mass is 10.1. The van der Waals surface area contributed by atoms with Gasteiger partial charge in [-0.3, -0.25) is 4.79 Å². The number of esters is 1. The lowest BCUT2D eigenvalue weighted by molar-refractivity contribution is -0.143. The third kappa shape index (κ3) is 5.04. The van der Waals surface area contributed by atoms with Crippen LogP contribution in [0.5, 0.6) is 0 Å². The highest BCUT2D eigenvalue weighted by molar-refractivity contribution is 5.69. The second-order valence-electron chi connectivity index (χ2n) is 4.05. The Morgan fingerprint density at radius 1 is 1.41 bits per heavy atom. The molecule has 17 heavy (non-hydrogen) atoms. The quantitative estimate of drug-likeness (QED) is 0.695. The van der Waals surface area contributed by atoms with Gasteiger partial charge >= 0.3 is 12.1 Å². The second kappa shape index (κ2) is 7.11.